The number of likely N-dealkylation sites (N-methyl/N-ethyl adjacent to an activating group) is 1. The molecule has 1 amide bonds. The van der Waals surface area contributed by atoms with E-state index < -0.39 is 7.14 Å². The number of amides is 1. The van der Waals surface area contributed by atoms with Crippen molar-refractivity contribution in [2.45, 2.75) is 6.42 Å². The third-order valence-electron chi connectivity index (χ3n) is 6.89. The van der Waals surface area contributed by atoms with E-state index in [1.54, 1.807) is 20.4 Å². The monoisotopic (exact) mass is 597 g/mol. The van der Waals surface area contributed by atoms with Crippen LogP contribution in [0.3, 0.4) is 0 Å². The van der Waals surface area contributed by atoms with Crippen LogP contribution in [0.1, 0.15) is 5.56 Å². The summed E-state index contributed by atoms with van der Waals surface area (Å²) in [6.45, 7) is 12.0. The molecule has 0 unspecified atom stereocenters. The van der Waals surface area contributed by atoms with Gasteiger partial charge in [0, 0.05) is 43.7 Å². The molecule has 0 atom stereocenters. The molecule has 4 rings (SSSR count). The van der Waals surface area contributed by atoms with Gasteiger partial charge >= 0.3 is 0 Å². The standard InChI is InChI=1S/C29H37ClN7O3P/c1-6-27(38)32-23-18-24(25(40-3)17-20(23)11-12-37-15-13-36(2)14-16-37)34-29-31-19-21(30)28(35-29)33-22-9-7-8-10-26(22)41(4,5)39/h6-10,17-19H,1,11-16H2,2-5H3,(H,32,38)(H2,31,33,34,35). The molecule has 0 radical (unpaired) electrons. The second-order valence-electron chi connectivity index (χ2n) is 10.3. The molecule has 2 aromatic carbocycles. The van der Waals surface area contributed by atoms with Crippen LogP contribution < -0.4 is 26.0 Å². The number of hydrogen-bond acceptors (Lipinski definition) is 9. The van der Waals surface area contributed by atoms with Crippen LogP contribution in [0.2, 0.25) is 5.02 Å². The number of para-hydroxylation sites is 1. The molecule has 41 heavy (non-hydrogen) atoms. The molecule has 2 heterocycles. The number of carbonyl (C=O) groups is 1. The first-order valence-corrected chi connectivity index (χ1v) is 16.3. The Balaban J connectivity index is 1.61. The Morgan fingerprint density at radius 3 is 2.54 bits per heavy atom. The Labute approximate surface area is 246 Å². The second-order valence-corrected chi connectivity index (χ2v) is 13.9. The lowest BCUT2D eigenvalue weighted by molar-refractivity contribution is -0.111. The number of halogens is 1. The summed E-state index contributed by atoms with van der Waals surface area (Å²) in [5.74, 6) is 0.883. The van der Waals surface area contributed by atoms with Crippen LogP contribution in [0.5, 0.6) is 5.75 Å². The van der Waals surface area contributed by atoms with Crippen LogP contribution in [0.4, 0.5) is 28.8 Å². The summed E-state index contributed by atoms with van der Waals surface area (Å²) in [6, 6.07) is 11.1. The lowest BCUT2D eigenvalue weighted by Crippen LogP contribution is -2.45. The highest BCUT2D eigenvalue weighted by molar-refractivity contribution is 7.70. The number of hydrogen-bond donors (Lipinski definition) is 3. The SMILES string of the molecule is C=CC(=O)Nc1cc(Nc2ncc(Cl)c(Nc3ccccc3P(C)(C)=O)n2)c(OC)cc1CCN1CCN(C)CC1. The molecule has 3 N–H and O–H groups in total. The van der Waals surface area contributed by atoms with Gasteiger partial charge in [0.25, 0.3) is 0 Å². The average molecular weight is 598 g/mol. The molecular weight excluding hydrogens is 561 g/mol. The highest BCUT2D eigenvalue weighted by Crippen LogP contribution is 2.39. The molecule has 1 fully saturated rings. The van der Waals surface area contributed by atoms with Gasteiger partial charge in [-0.3, -0.25) is 4.79 Å². The van der Waals surface area contributed by atoms with E-state index in [9.17, 15) is 9.36 Å². The van der Waals surface area contributed by atoms with Gasteiger partial charge < -0.3 is 35.1 Å². The van der Waals surface area contributed by atoms with Gasteiger partial charge in [-0.25, -0.2) is 4.98 Å². The van der Waals surface area contributed by atoms with E-state index in [1.165, 1.54) is 12.3 Å². The van der Waals surface area contributed by atoms with Crippen molar-refractivity contribution < 1.29 is 14.1 Å². The van der Waals surface area contributed by atoms with E-state index in [1.807, 2.05) is 36.4 Å². The van der Waals surface area contributed by atoms with Crippen molar-refractivity contribution in [1.82, 2.24) is 19.8 Å². The topological polar surface area (TPSA) is 112 Å². The summed E-state index contributed by atoms with van der Waals surface area (Å²) >= 11 is 6.43. The van der Waals surface area contributed by atoms with Crippen molar-refractivity contribution >= 4 is 58.8 Å². The predicted octanol–water partition coefficient (Wildman–Crippen LogP) is 4.79. The first kappa shape index (κ1) is 30.5. The summed E-state index contributed by atoms with van der Waals surface area (Å²) in [4.78, 5) is 25.9. The molecule has 0 spiro atoms. The lowest BCUT2D eigenvalue weighted by Gasteiger charge is -2.32. The quantitative estimate of drug-likeness (QED) is 0.212. The zero-order valence-electron chi connectivity index (χ0n) is 23.9. The van der Waals surface area contributed by atoms with Gasteiger partial charge in [-0.15, -0.1) is 0 Å². The largest absolute Gasteiger partial charge is 0.495 e. The third-order valence-corrected chi connectivity index (χ3v) is 8.72. The Kier molecular flexibility index (Phi) is 10.0. The molecule has 3 aromatic rings. The maximum absolute atomic E-state index is 12.8. The number of piperazine rings is 1. The van der Waals surface area contributed by atoms with Crippen LogP contribution in [-0.4, -0.2) is 85.9 Å². The Bertz CT molecular complexity index is 1450. The minimum absolute atomic E-state index is 0.259. The van der Waals surface area contributed by atoms with Gasteiger partial charge in [0.2, 0.25) is 11.9 Å². The molecule has 12 heteroatoms. The fourth-order valence-corrected chi connectivity index (χ4v) is 5.85. The van der Waals surface area contributed by atoms with Crippen LogP contribution in [-0.2, 0) is 15.8 Å². The number of anilines is 5. The first-order valence-electron chi connectivity index (χ1n) is 13.3. The van der Waals surface area contributed by atoms with E-state index in [0.717, 1.165) is 44.7 Å². The van der Waals surface area contributed by atoms with Gasteiger partial charge in [0.15, 0.2) is 5.82 Å². The minimum Gasteiger partial charge on any atom is -0.495 e. The smallest absolute Gasteiger partial charge is 0.247 e. The number of benzene rings is 2. The highest BCUT2D eigenvalue weighted by Gasteiger charge is 2.19. The Hall–Kier alpha value is -3.43. The zero-order valence-corrected chi connectivity index (χ0v) is 25.6. The molecule has 1 aliphatic rings. The van der Waals surface area contributed by atoms with Gasteiger partial charge in [-0.2, -0.15) is 4.98 Å². The number of ether oxygens (including phenoxy) is 1. The Morgan fingerprint density at radius 2 is 1.85 bits per heavy atom. The van der Waals surface area contributed by atoms with E-state index in [4.69, 9.17) is 16.3 Å². The normalized spacial score (nSPS) is 14.4. The summed E-state index contributed by atoms with van der Waals surface area (Å²) in [5, 5.41) is 10.3. The predicted molar refractivity (Wildman–Crippen MR) is 169 cm³/mol. The van der Waals surface area contributed by atoms with Crippen LogP contribution in [0.15, 0.2) is 55.3 Å². The van der Waals surface area contributed by atoms with Crippen molar-refractivity contribution in [2.24, 2.45) is 0 Å². The summed E-state index contributed by atoms with van der Waals surface area (Å²) in [7, 11) is 1.17. The number of methoxy groups -OCH3 is 1. The number of carbonyl (C=O) groups excluding carboxylic acids is 1. The first-order chi connectivity index (χ1) is 19.6. The van der Waals surface area contributed by atoms with Crippen LogP contribution >= 0.6 is 18.7 Å². The average Bonchev–Trinajstić information content (AvgIpc) is 2.95. The molecule has 1 aromatic heterocycles. The number of aromatic nitrogens is 2. The van der Waals surface area contributed by atoms with Crippen LogP contribution in [0.25, 0.3) is 0 Å². The van der Waals surface area contributed by atoms with Crippen molar-refractivity contribution in [1.29, 1.82) is 0 Å². The molecule has 1 aliphatic heterocycles. The van der Waals surface area contributed by atoms with Crippen molar-refractivity contribution in [3.63, 3.8) is 0 Å². The van der Waals surface area contributed by atoms with Gasteiger partial charge in [-0.1, -0.05) is 30.3 Å². The van der Waals surface area contributed by atoms with Crippen molar-refractivity contribution in [2.75, 3.05) is 76.2 Å². The molecule has 218 valence electrons. The van der Waals surface area contributed by atoms with Crippen LogP contribution in [0, 0.1) is 0 Å². The zero-order chi connectivity index (χ0) is 29.6. The highest BCUT2D eigenvalue weighted by atomic mass is 35.5. The van der Waals surface area contributed by atoms with E-state index >= 15 is 0 Å². The molecule has 0 saturated carbocycles. The second kappa shape index (κ2) is 13.5. The maximum Gasteiger partial charge on any atom is 0.247 e. The Morgan fingerprint density at radius 1 is 1.12 bits per heavy atom. The van der Waals surface area contributed by atoms with Gasteiger partial charge in [0.05, 0.1) is 24.7 Å². The number of nitrogens with one attached hydrogen (secondary N) is 3. The van der Waals surface area contributed by atoms with E-state index in [0.29, 0.717) is 39.0 Å². The number of nitrogens with zero attached hydrogens (tertiary/aromatic N) is 4. The molecule has 0 bridgehead atoms. The van der Waals surface area contributed by atoms with Crippen molar-refractivity contribution in [3.05, 3.63) is 65.8 Å². The number of rotatable bonds is 11. The molecule has 0 aliphatic carbocycles. The summed E-state index contributed by atoms with van der Waals surface area (Å²) in [5.41, 5.74) is 2.82. The molecular formula is C29H37ClN7O3P. The van der Waals surface area contributed by atoms with E-state index in [2.05, 4.69) is 49.3 Å². The third kappa shape index (κ3) is 8.07. The summed E-state index contributed by atoms with van der Waals surface area (Å²) < 4.78 is 18.5. The van der Waals surface area contributed by atoms with Crippen molar-refractivity contribution in [3.8, 4) is 5.75 Å². The maximum atomic E-state index is 12.8. The fourth-order valence-electron chi connectivity index (χ4n) is 4.56. The lowest BCUT2D eigenvalue weighted by atomic mass is 10.1. The van der Waals surface area contributed by atoms with Gasteiger partial charge in [-0.05, 0) is 62.7 Å². The fraction of sp³-hybridized carbons (Fsp3) is 0.345. The summed E-state index contributed by atoms with van der Waals surface area (Å²) in [6.07, 6.45) is 3.46. The molecule has 10 nitrogen and oxygen atoms in total. The van der Waals surface area contributed by atoms with Gasteiger partial charge in [0.1, 0.15) is 17.9 Å². The minimum atomic E-state index is -2.56. The van der Waals surface area contributed by atoms with E-state index in [-0.39, 0.29) is 11.9 Å². The molecule has 1 saturated heterocycles.